The van der Waals surface area contributed by atoms with Gasteiger partial charge >= 0.3 is 0 Å². The molecule has 1 unspecified atom stereocenters. The van der Waals surface area contributed by atoms with Crippen LogP contribution in [0.4, 0.5) is 0 Å². The van der Waals surface area contributed by atoms with Crippen LogP contribution in [0, 0.1) is 5.92 Å². The molecule has 2 aromatic carbocycles. The molecule has 2 amide bonds. The van der Waals surface area contributed by atoms with Gasteiger partial charge in [0.1, 0.15) is 15.8 Å². The zero-order valence-electron chi connectivity index (χ0n) is 19.9. The third-order valence-corrected chi connectivity index (χ3v) is 6.88. The maximum Gasteiger partial charge on any atom is 0.242 e. The molecule has 2 aromatic rings. The van der Waals surface area contributed by atoms with Gasteiger partial charge in [-0.05, 0) is 46.7 Å². The number of carbonyl (C=O) groups excluding carboxylic acids is 2. The topological polar surface area (TPSA) is 58.6 Å². The molecule has 1 aliphatic rings. The van der Waals surface area contributed by atoms with Crippen molar-refractivity contribution in [2.75, 3.05) is 6.54 Å². The van der Waals surface area contributed by atoms with Crippen molar-refractivity contribution in [1.29, 1.82) is 0 Å². The number of hydrogen-bond acceptors (Lipinski definition) is 5. The molecule has 1 heterocycles. The van der Waals surface area contributed by atoms with Crippen LogP contribution in [0.15, 0.2) is 48.5 Å². The molecular weight excluding hydrogens is 452 g/mol. The molecule has 0 spiro atoms. The number of thioether (sulfide) groups is 1. The number of ether oxygens (including phenoxy) is 1. The van der Waals surface area contributed by atoms with E-state index >= 15 is 0 Å². The largest absolute Gasteiger partial charge is 0.457 e. The van der Waals surface area contributed by atoms with Gasteiger partial charge in [0, 0.05) is 19.5 Å². The van der Waals surface area contributed by atoms with Gasteiger partial charge in [-0.25, -0.2) is 0 Å². The van der Waals surface area contributed by atoms with Gasteiger partial charge in [-0.1, -0.05) is 82.9 Å². The standard InChI is InChI=1S/C26H32N2O3S2/c1-17(2)16-28-24(30)22(33-25(28)32)14-23(29)27-15-18-6-10-20(11-7-18)31-21-12-8-19(9-13-21)26(3,4)5/h6-13,17,22H,14-16H2,1-5H3,(H,27,29). The van der Waals surface area contributed by atoms with Crippen molar-refractivity contribution in [2.45, 2.75) is 58.2 Å². The highest BCUT2D eigenvalue weighted by Crippen LogP contribution is 2.30. The molecule has 7 heteroatoms. The predicted molar refractivity (Wildman–Crippen MR) is 139 cm³/mol. The van der Waals surface area contributed by atoms with Gasteiger partial charge in [0.15, 0.2) is 0 Å². The highest BCUT2D eigenvalue weighted by Gasteiger charge is 2.38. The van der Waals surface area contributed by atoms with Crippen LogP contribution >= 0.6 is 24.0 Å². The summed E-state index contributed by atoms with van der Waals surface area (Å²) in [5, 5.41) is 2.47. The van der Waals surface area contributed by atoms with Gasteiger partial charge in [0.2, 0.25) is 11.8 Å². The minimum Gasteiger partial charge on any atom is -0.457 e. The summed E-state index contributed by atoms with van der Waals surface area (Å²) in [5.41, 5.74) is 2.32. The van der Waals surface area contributed by atoms with E-state index in [-0.39, 0.29) is 23.7 Å². The molecule has 0 saturated carbocycles. The fourth-order valence-electron chi connectivity index (χ4n) is 3.43. The average Bonchev–Trinajstić information content (AvgIpc) is 3.00. The maximum absolute atomic E-state index is 12.5. The van der Waals surface area contributed by atoms with E-state index in [0.717, 1.165) is 17.1 Å². The molecule has 0 aromatic heterocycles. The SMILES string of the molecule is CC(C)CN1C(=O)C(CC(=O)NCc2ccc(Oc3ccc(C(C)(C)C)cc3)cc2)SC1=S. The molecule has 0 radical (unpaired) electrons. The summed E-state index contributed by atoms with van der Waals surface area (Å²) < 4.78 is 6.50. The van der Waals surface area contributed by atoms with Gasteiger partial charge in [0.25, 0.3) is 0 Å². The number of amides is 2. The van der Waals surface area contributed by atoms with E-state index in [1.165, 1.54) is 17.3 Å². The smallest absolute Gasteiger partial charge is 0.242 e. The van der Waals surface area contributed by atoms with Gasteiger partial charge in [-0.15, -0.1) is 0 Å². The lowest BCUT2D eigenvalue weighted by molar-refractivity contribution is -0.129. The normalized spacial score (nSPS) is 16.4. The Morgan fingerprint density at radius 3 is 2.21 bits per heavy atom. The molecule has 1 N–H and O–H groups in total. The summed E-state index contributed by atoms with van der Waals surface area (Å²) >= 11 is 6.62. The molecule has 33 heavy (non-hydrogen) atoms. The number of rotatable bonds is 8. The Morgan fingerprint density at radius 2 is 1.67 bits per heavy atom. The molecule has 3 rings (SSSR count). The van der Waals surface area contributed by atoms with Crippen molar-refractivity contribution in [3.05, 3.63) is 59.7 Å². The van der Waals surface area contributed by atoms with Gasteiger partial charge in [-0.2, -0.15) is 0 Å². The zero-order chi connectivity index (χ0) is 24.2. The Labute approximate surface area is 206 Å². The van der Waals surface area contributed by atoms with E-state index in [0.29, 0.717) is 23.3 Å². The first-order valence-electron chi connectivity index (χ1n) is 11.2. The first-order chi connectivity index (χ1) is 15.5. The first kappa shape index (κ1) is 25.2. The number of thiocarbonyl (C=S) groups is 1. The Bertz CT molecular complexity index is 996. The average molecular weight is 485 g/mol. The van der Waals surface area contributed by atoms with Gasteiger partial charge < -0.3 is 10.1 Å². The van der Waals surface area contributed by atoms with Crippen molar-refractivity contribution in [3.63, 3.8) is 0 Å². The molecule has 0 aliphatic carbocycles. The van der Waals surface area contributed by atoms with Crippen molar-refractivity contribution in [2.24, 2.45) is 5.92 Å². The molecule has 1 saturated heterocycles. The third-order valence-electron chi connectivity index (χ3n) is 5.29. The van der Waals surface area contributed by atoms with Crippen molar-refractivity contribution < 1.29 is 14.3 Å². The van der Waals surface area contributed by atoms with E-state index in [2.05, 4.69) is 38.2 Å². The highest BCUT2D eigenvalue weighted by molar-refractivity contribution is 8.24. The summed E-state index contributed by atoms with van der Waals surface area (Å²) in [6.45, 7) is 11.6. The van der Waals surface area contributed by atoms with E-state index < -0.39 is 5.25 Å². The maximum atomic E-state index is 12.5. The summed E-state index contributed by atoms with van der Waals surface area (Å²) in [5.74, 6) is 1.63. The van der Waals surface area contributed by atoms with Crippen LogP contribution in [0.25, 0.3) is 0 Å². The van der Waals surface area contributed by atoms with Gasteiger partial charge in [-0.3, -0.25) is 14.5 Å². The Balaban J connectivity index is 1.48. The number of hydrogen-bond donors (Lipinski definition) is 1. The van der Waals surface area contributed by atoms with Crippen LogP contribution in [-0.2, 0) is 21.5 Å². The monoisotopic (exact) mass is 484 g/mol. The minimum atomic E-state index is -0.434. The molecule has 1 aliphatic heterocycles. The van der Waals surface area contributed by atoms with Crippen LogP contribution < -0.4 is 10.1 Å². The van der Waals surface area contributed by atoms with E-state index in [1.807, 2.05) is 50.2 Å². The van der Waals surface area contributed by atoms with Crippen LogP contribution in [0.2, 0.25) is 0 Å². The second-order valence-corrected chi connectivity index (χ2v) is 11.6. The lowest BCUT2D eigenvalue weighted by Gasteiger charge is -2.19. The highest BCUT2D eigenvalue weighted by atomic mass is 32.2. The van der Waals surface area contributed by atoms with E-state index in [9.17, 15) is 9.59 Å². The summed E-state index contributed by atoms with van der Waals surface area (Å²) in [6.07, 6.45) is 0.129. The molecule has 1 fully saturated rings. The zero-order valence-corrected chi connectivity index (χ0v) is 21.5. The second-order valence-electron chi connectivity index (χ2n) is 9.72. The Kier molecular flexibility index (Phi) is 8.19. The molecule has 5 nitrogen and oxygen atoms in total. The fourth-order valence-corrected chi connectivity index (χ4v) is 4.94. The van der Waals surface area contributed by atoms with Crippen LogP contribution in [0.1, 0.15) is 52.2 Å². The quantitative estimate of drug-likeness (QED) is 0.490. The first-order valence-corrected chi connectivity index (χ1v) is 12.5. The lowest BCUT2D eigenvalue weighted by atomic mass is 9.87. The second kappa shape index (κ2) is 10.7. The number of nitrogens with one attached hydrogen (secondary N) is 1. The van der Waals surface area contributed by atoms with E-state index in [1.54, 1.807) is 4.90 Å². The van der Waals surface area contributed by atoms with Crippen molar-refractivity contribution in [3.8, 4) is 11.5 Å². The molecular formula is C26H32N2O3S2. The van der Waals surface area contributed by atoms with Crippen LogP contribution in [0.5, 0.6) is 11.5 Å². The summed E-state index contributed by atoms with van der Waals surface area (Å²) in [6, 6.07) is 15.7. The molecule has 0 bridgehead atoms. The fraction of sp³-hybridized carbons (Fsp3) is 0.423. The predicted octanol–water partition coefficient (Wildman–Crippen LogP) is 5.67. The van der Waals surface area contributed by atoms with Gasteiger partial charge in [0.05, 0.1) is 5.25 Å². The van der Waals surface area contributed by atoms with Crippen LogP contribution in [0.3, 0.4) is 0 Å². The Morgan fingerprint density at radius 1 is 1.09 bits per heavy atom. The van der Waals surface area contributed by atoms with E-state index in [4.69, 9.17) is 17.0 Å². The molecule has 1 atom stereocenters. The number of nitrogens with zero attached hydrogens (tertiary/aromatic N) is 1. The molecule has 176 valence electrons. The third kappa shape index (κ3) is 7.05. The minimum absolute atomic E-state index is 0.0640. The number of carbonyl (C=O) groups is 2. The Hall–Kier alpha value is -2.38. The van der Waals surface area contributed by atoms with Crippen LogP contribution in [-0.4, -0.2) is 32.8 Å². The number of benzene rings is 2. The lowest BCUT2D eigenvalue weighted by Crippen LogP contribution is -2.36. The van der Waals surface area contributed by atoms with Crippen molar-refractivity contribution in [1.82, 2.24) is 10.2 Å². The summed E-state index contributed by atoms with van der Waals surface area (Å²) in [4.78, 5) is 26.6. The van der Waals surface area contributed by atoms with Crippen molar-refractivity contribution >= 4 is 40.1 Å². The summed E-state index contributed by atoms with van der Waals surface area (Å²) in [7, 11) is 0.